The third kappa shape index (κ3) is 2.36. The topological polar surface area (TPSA) is 69.4 Å². The summed E-state index contributed by atoms with van der Waals surface area (Å²) in [5.41, 5.74) is 5.29. The maximum atomic E-state index is 12.2. The second-order valence-electron chi connectivity index (χ2n) is 4.42. The van der Waals surface area contributed by atoms with Crippen molar-refractivity contribution >= 4 is 9.84 Å². The van der Waals surface area contributed by atoms with Crippen LogP contribution >= 0.6 is 0 Å². The normalized spacial score (nSPS) is 28.0. The van der Waals surface area contributed by atoms with Crippen molar-refractivity contribution in [1.82, 2.24) is 0 Å². The number of sulfone groups is 1. The molecular formula is C12H17NO3S. The fourth-order valence-electron chi connectivity index (χ4n) is 1.92. The first kappa shape index (κ1) is 12.5. The summed E-state index contributed by atoms with van der Waals surface area (Å²) < 4.78 is 29.7. The van der Waals surface area contributed by atoms with Crippen LogP contribution in [0.2, 0.25) is 0 Å². The lowest BCUT2D eigenvalue weighted by Crippen LogP contribution is -2.35. The monoisotopic (exact) mass is 255 g/mol. The second-order valence-corrected chi connectivity index (χ2v) is 6.55. The van der Waals surface area contributed by atoms with Gasteiger partial charge in [0.25, 0.3) is 0 Å². The lowest BCUT2D eigenvalue weighted by atomic mass is 10.3. The van der Waals surface area contributed by atoms with E-state index in [1.54, 1.807) is 30.3 Å². The van der Waals surface area contributed by atoms with Gasteiger partial charge in [0.1, 0.15) is 0 Å². The Morgan fingerprint density at radius 2 is 2.06 bits per heavy atom. The van der Waals surface area contributed by atoms with Crippen LogP contribution in [0.1, 0.15) is 13.3 Å². The zero-order valence-electron chi connectivity index (χ0n) is 9.80. The van der Waals surface area contributed by atoms with Gasteiger partial charge in [-0.1, -0.05) is 18.2 Å². The lowest BCUT2D eigenvalue weighted by molar-refractivity contribution is 0.127. The molecule has 0 spiro atoms. The summed E-state index contributed by atoms with van der Waals surface area (Å²) in [6.45, 7) is 2.73. The zero-order valence-corrected chi connectivity index (χ0v) is 10.6. The van der Waals surface area contributed by atoms with E-state index in [4.69, 9.17) is 10.5 Å². The number of rotatable bonds is 5. The van der Waals surface area contributed by atoms with Gasteiger partial charge in [0, 0.05) is 6.61 Å². The van der Waals surface area contributed by atoms with Crippen LogP contribution in [0.5, 0.6) is 0 Å². The molecule has 2 rings (SSSR count). The minimum atomic E-state index is -3.31. The predicted molar refractivity (Wildman–Crippen MR) is 65.4 cm³/mol. The van der Waals surface area contributed by atoms with Crippen LogP contribution in [0.25, 0.3) is 0 Å². The molecule has 0 heterocycles. The Morgan fingerprint density at radius 3 is 2.65 bits per heavy atom. The molecule has 0 saturated heterocycles. The van der Waals surface area contributed by atoms with E-state index in [0.29, 0.717) is 24.5 Å². The van der Waals surface area contributed by atoms with Crippen molar-refractivity contribution in [2.75, 3.05) is 13.2 Å². The van der Waals surface area contributed by atoms with Crippen LogP contribution in [0, 0.1) is 0 Å². The molecule has 0 unspecified atom stereocenters. The number of benzene rings is 1. The summed E-state index contributed by atoms with van der Waals surface area (Å²) >= 11 is 0. The van der Waals surface area contributed by atoms with E-state index >= 15 is 0 Å². The maximum Gasteiger partial charge on any atom is 0.183 e. The van der Waals surface area contributed by atoms with Gasteiger partial charge in [0.15, 0.2) is 9.84 Å². The molecule has 2 atom stereocenters. The molecule has 1 fully saturated rings. The van der Waals surface area contributed by atoms with Gasteiger partial charge in [-0.2, -0.15) is 0 Å². The maximum absolute atomic E-state index is 12.2. The van der Waals surface area contributed by atoms with E-state index in [9.17, 15) is 8.42 Å². The molecule has 0 aromatic heterocycles. The molecule has 1 aromatic rings. The number of hydrogen-bond acceptors (Lipinski definition) is 4. The molecule has 0 amide bonds. The van der Waals surface area contributed by atoms with Crippen LogP contribution in [-0.4, -0.2) is 32.4 Å². The Kier molecular flexibility index (Phi) is 3.25. The van der Waals surface area contributed by atoms with Crippen molar-refractivity contribution in [3.05, 3.63) is 30.3 Å². The molecule has 1 saturated carbocycles. The van der Waals surface area contributed by atoms with E-state index in [1.807, 2.05) is 6.92 Å². The standard InChI is InChI=1S/C12H17NO3S/c1-2-16-9-12(13)8-11(12)17(14,15)10-6-4-3-5-7-10/h3-7,11H,2,8-9,13H2,1H3/t11-,12+/m0/s1. The summed E-state index contributed by atoms with van der Waals surface area (Å²) in [5.74, 6) is 0. The van der Waals surface area contributed by atoms with Gasteiger partial charge in [0.2, 0.25) is 0 Å². The van der Waals surface area contributed by atoms with Gasteiger partial charge in [0.05, 0.1) is 22.3 Å². The molecule has 2 N–H and O–H groups in total. The summed E-state index contributed by atoms with van der Waals surface area (Å²) in [7, 11) is -3.31. The highest BCUT2D eigenvalue weighted by atomic mass is 32.2. The van der Waals surface area contributed by atoms with Gasteiger partial charge in [-0.15, -0.1) is 0 Å². The van der Waals surface area contributed by atoms with E-state index < -0.39 is 20.6 Å². The average Bonchev–Trinajstić information content (AvgIpc) is 3.02. The van der Waals surface area contributed by atoms with Crippen LogP contribution in [0.15, 0.2) is 35.2 Å². The van der Waals surface area contributed by atoms with E-state index in [2.05, 4.69) is 0 Å². The molecule has 4 nitrogen and oxygen atoms in total. The van der Waals surface area contributed by atoms with Gasteiger partial charge in [-0.25, -0.2) is 8.42 Å². The molecule has 94 valence electrons. The van der Waals surface area contributed by atoms with Gasteiger partial charge < -0.3 is 10.5 Å². The highest BCUT2D eigenvalue weighted by Gasteiger charge is 2.59. The molecule has 1 aliphatic rings. The first-order chi connectivity index (χ1) is 8.00. The highest BCUT2D eigenvalue weighted by Crippen LogP contribution is 2.42. The van der Waals surface area contributed by atoms with Gasteiger partial charge in [-0.3, -0.25) is 0 Å². The summed E-state index contributed by atoms with van der Waals surface area (Å²) in [6, 6.07) is 8.44. The molecule has 0 bridgehead atoms. The van der Waals surface area contributed by atoms with Crippen LogP contribution in [-0.2, 0) is 14.6 Å². The van der Waals surface area contributed by atoms with Crippen LogP contribution in [0.4, 0.5) is 0 Å². The van der Waals surface area contributed by atoms with E-state index in [-0.39, 0.29) is 0 Å². The highest BCUT2D eigenvalue weighted by molar-refractivity contribution is 7.92. The molecule has 1 aliphatic carbocycles. The predicted octanol–water partition coefficient (Wildman–Crippen LogP) is 0.967. The molecule has 1 aromatic carbocycles. The number of hydrogen-bond donors (Lipinski definition) is 1. The van der Waals surface area contributed by atoms with Crippen molar-refractivity contribution in [2.24, 2.45) is 5.73 Å². The molecule has 5 heteroatoms. The fourth-order valence-corrected chi connectivity index (χ4v) is 4.00. The van der Waals surface area contributed by atoms with Crippen LogP contribution in [0.3, 0.4) is 0 Å². The average molecular weight is 255 g/mol. The number of nitrogens with two attached hydrogens (primary N) is 1. The van der Waals surface area contributed by atoms with E-state index in [0.717, 1.165) is 0 Å². The minimum absolute atomic E-state index is 0.306. The third-order valence-electron chi connectivity index (χ3n) is 3.07. The van der Waals surface area contributed by atoms with Gasteiger partial charge >= 0.3 is 0 Å². The largest absolute Gasteiger partial charge is 0.380 e. The van der Waals surface area contributed by atoms with Crippen LogP contribution < -0.4 is 5.73 Å². The SMILES string of the molecule is CCOC[C@]1(N)C[C@@H]1S(=O)(=O)c1ccccc1. The smallest absolute Gasteiger partial charge is 0.183 e. The van der Waals surface area contributed by atoms with Crippen molar-refractivity contribution in [3.63, 3.8) is 0 Å². The third-order valence-corrected chi connectivity index (χ3v) is 5.38. The Morgan fingerprint density at radius 1 is 1.41 bits per heavy atom. The Balaban J connectivity index is 2.15. The van der Waals surface area contributed by atoms with E-state index in [1.165, 1.54) is 0 Å². The molecule has 0 radical (unpaired) electrons. The number of ether oxygens (including phenoxy) is 1. The Bertz CT molecular complexity index is 486. The fraction of sp³-hybridized carbons (Fsp3) is 0.500. The molecule has 0 aliphatic heterocycles. The Labute approximate surface area is 102 Å². The minimum Gasteiger partial charge on any atom is -0.380 e. The molecular weight excluding hydrogens is 238 g/mol. The summed E-state index contributed by atoms with van der Waals surface area (Å²) in [5, 5.41) is -0.510. The first-order valence-electron chi connectivity index (χ1n) is 5.66. The summed E-state index contributed by atoms with van der Waals surface area (Å²) in [6.07, 6.45) is 0.476. The van der Waals surface area contributed by atoms with Crippen molar-refractivity contribution in [1.29, 1.82) is 0 Å². The van der Waals surface area contributed by atoms with Gasteiger partial charge in [-0.05, 0) is 25.5 Å². The second kappa shape index (κ2) is 4.40. The Hall–Kier alpha value is -0.910. The lowest BCUT2D eigenvalue weighted by Gasteiger charge is -2.11. The molecule has 17 heavy (non-hydrogen) atoms. The summed E-state index contributed by atoms with van der Waals surface area (Å²) in [4.78, 5) is 0.342. The van der Waals surface area contributed by atoms with Crippen molar-refractivity contribution in [3.8, 4) is 0 Å². The first-order valence-corrected chi connectivity index (χ1v) is 7.21. The quantitative estimate of drug-likeness (QED) is 0.851. The zero-order chi connectivity index (χ0) is 12.5. The van der Waals surface area contributed by atoms with Crippen molar-refractivity contribution in [2.45, 2.75) is 29.0 Å². The van der Waals surface area contributed by atoms with Crippen molar-refractivity contribution < 1.29 is 13.2 Å².